The Morgan fingerprint density at radius 3 is 2.59 bits per heavy atom. The average Bonchev–Trinajstić information content (AvgIpc) is 2.87. The number of aromatic nitrogens is 2. The maximum absolute atomic E-state index is 13.4. The zero-order valence-electron chi connectivity index (χ0n) is 20.3. The van der Waals surface area contributed by atoms with E-state index in [0.29, 0.717) is 48.9 Å². The third-order valence-electron chi connectivity index (χ3n) is 5.85. The van der Waals surface area contributed by atoms with Crippen LogP contribution in [0.2, 0.25) is 15.1 Å². The molecule has 0 amide bonds. The lowest BCUT2D eigenvalue weighted by Crippen LogP contribution is -2.23. The Labute approximate surface area is 237 Å². The Morgan fingerprint density at radius 2 is 1.89 bits per heavy atom. The first-order valence-electron chi connectivity index (χ1n) is 11.4. The molecular formula is C27H23BrCl3N3O3. The topological polar surface area (TPSA) is 65.7 Å². The molecule has 0 bridgehead atoms. The Hall–Kier alpha value is -2.58. The summed E-state index contributed by atoms with van der Waals surface area (Å²) in [5.74, 6) is 1.37. The molecule has 4 aromatic rings. The quantitative estimate of drug-likeness (QED) is 0.186. The molecule has 0 saturated carbocycles. The first kappa shape index (κ1) is 27.5. The fourth-order valence-electron chi connectivity index (χ4n) is 3.65. The number of halogens is 4. The Balaban J connectivity index is 1.69. The third-order valence-corrected chi connectivity index (χ3v) is 7.21. The van der Waals surface area contributed by atoms with Gasteiger partial charge < -0.3 is 9.47 Å². The molecule has 4 rings (SSSR count). The Bertz CT molecular complexity index is 1560. The van der Waals surface area contributed by atoms with E-state index in [-0.39, 0.29) is 18.1 Å². The van der Waals surface area contributed by atoms with E-state index >= 15 is 0 Å². The van der Waals surface area contributed by atoms with Crippen LogP contribution in [0.3, 0.4) is 0 Å². The van der Waals surface area contributed by atoms with Crippen LogP contribution in [-0.4, -0.2) is 23.0 Å². The molecule has 37 heavy (non-hydrogen) atoms. The molecule has 0 N–H and O–H groups in total. The second-order valence-corrected chi connectivity index (χ2v) is 10.5. The molecular weight excluding hydrogens is 601 g/mol. The number of benzene rings is 3. The molecule has 0 aliphatic carbocycles. The van der Waals surface area contributed by atoms with E-state index in [0.717, 1.165) is 16.5 Å². The van der Waals surface area contributed by atoms with E-state index in [1.165, 1.54) is 11.8 Å². The van der Waals surface area contributed by atoms with Gasteiger partial charge in [0.1, 0.15) is 12.4 Å². The van der Waals surface area contributed by atoms with Crippen molar-refractivity contribution in [1.82, 2.24) is 9.66 Å². The van der Waals surface area contributed by atoms with Crippen molar-refractivity contribution >= 4 is 67.9 Å². The molecule has 1 heterocycles. The Kier molecular flexibility index (Phi) is 8.80. The zero-order valence-corrected chi connectivity index (χ0v) is 24.1. The van der Waals surface area contributed by atoms with E-state index in [1.807, 2.05) is 26.0 Å². The van der Waals surface area contributed by atoms with Gasteiger partial charge in [0.05, 0.1) is 29.2 Å². The minimum Gasteiger partial charge on any atom is -0.493 e. The van der Waals surface area contributed by atoms with Crippen molar-refractivity contribution in [2.45, 2.75) is 32.8 Å². The van der Waals surface area contributed by atoms with Crippen molar-refractivity contribution < 1.29 is 9.47 Å². The summed E-state index contributed by atoms with van der Waals surface area (Å²) in [4.78, 5) is 18.1. The van der Waals surface area contributed by atoms with Crippen molar-refractivity contribution in [2.75, 3.05) is 7.11 Å². The van der Waals surface area contributed by atoms with Crippen LogP contribution < -0.4 is 15.0 Å². The fraction of sp³-hybridized carbons (Fsp3) is 0.222. The molecule has 0 aliphatic rings. The molecule has 0 unspecified atom stereocenters. The van der Waals surface area contributed by atoms with Gasteiger partial charge in [-0.2, -0.15) is 9.78 Å². The van der Waals surface area contributed by atoms with Gasteiger partial charge >= 0.3 is 0 Å². The van der Waals surface area contributed by atoms with E-state index in [9.17, 15) is 4.79 Å². The van der Waals surface area contributed by atoms with Gasteiger partial charge in [-0.05, 0) is 54.4 Å². The van der Waals surface area contributed by atoms with Gasteiger partial charge in [-0.15, -0.1) is 0 Å². The Morgan fingerprint density at radius 1 is 1.11 bits per heavy atom. The summed E-state index contributed by atoms with van der Waals surface area (Å²) >= 11 is 22.2. The molecule has 0 spiro atoms. The van der Waals surface area contributed by atoms with E-state index < -0.39 is 0 Å². The number of rotatable bonds is 8. The number of hydrogen-bond acceptors (Lipinski definition) is 5. The van der Waals surface area contributed by atoms with Gasteiger partial charge in [-0.1, -0.05) is 70.6 Å². The predicted molar refractivity (Wildman–Crippen MR) is 154 cm³/mol. The minimum atomic E-state index is -0.254. The fourth-order valence-corrected chi connectivity index (χ4v) is 4.74. The van der Waals surface area contributed by atoms with Crippen molar-refractivity contribution in [3.05, 3.63) is 95.4 Å². The van der Waals surface area contributed by atoms with E-state index in [1.54, 1.807) is 42.6 Å². The summed E-state index contributed by atoms with van der Waals surface area (Å²) in [6.07, 6.45) is 2.35. The number of hydrogen-bond donors (Lipinski definition) is 0. The maximum atomic E-state index is 13.4. The molecule has 0 aliphatic heterocycles. The predicted octanol–water partition coefficient (Wildman–Crippen LogP) is 8.10. The molecule has 192 valence electrons. The van der Waals surface area contributed by atoms with Crippen LogP contribution >= 0.6 is 50.7 Å². The normalized spacial score (nSPS) is 12.3. The zero-order chi connectivity index (χ0) is 26.7. The average molecular weight is 624 g/mol. The molecule has 0 fully saturated rings. The van der Waals surface area contributed by atoms with Crippen LogP contribution in [0.25, 0.3) is 10.9 Å². The van der Waals surface area contributed by atoms with Crippen LogP contribution in [0.1, 0.15) is 43.1 Å². The molecule has 6 nitrogen and oxygen atoms in total. The van der Waals surface area contributed by atoms with Gasteiger partial charge in [-0.25, -0.2) is 4.98 Å². The highest BCUT2D eigenvalue weighted by molar-refractivity contribution is 9.10. The maximum Gasteiger partial charge on any atom is 0.282 e. The number of nitrogens with zero attached hydrogens (tertiary/aromatic N) is 3. The van der Waals surface area contributed by atoms with Gasteiger partial charge in [0.2, 0.25) is 0 Å². The van der Waals surface area contributed by atoms with Crippen molar-refractivity contribution in [1.29, 1.82) is 0 Å². The lowest BCUT2D eigenvalue weighted by Gasteiger charge is -2.15. The van der Waals surface area contributed by atoms with Crippen molar-refractivity contribution in [2.24, 2.45) is 5.10 Å². The molecule has 0 saturated heterocycles. The number of methoxy groups -OCH3 is 1. The largest absolute Gasteiger partial charge is 0.493 e. The smallest absolute Gasteiger partial charge is 0.282 e. The number of ether oxygens (including phenoxy) is 2. The summed E-state index contributed by atoms with van der Waals surface area (Å²) in [6, 6.07) is 14.0. The van der Waals surface area contributed by atoms with Gasteiger partial charge in [-0.3, -0.25) is 4.79 Å². The van der Waals surface area contributed by atoms with E-state index in [4.69, 9.17) is 49.3 Å². The molecule has 0 radical (unpaired) electrons. The van der Waals surface area contributed by atoms with Crippen LogP contribution in [0.5, 0.6) is 11.5 Å². The van der Waals surface area contributed by atoms with Gasteiger partial charge in [0.25, 0.3) is 5.56 Å². The SMILES string of the molecule is CC[C@H](C)c1nc2ccc(Br)cc2c(=O)n1N=Cc1cc(Cl)c(OCc2ccc(Cl)cc2Cl)c(OC)c1. The highest BCUT2D eigenvalue weighted by Gasteiger charge is 2.17. The van der Waals surface area contributed by atoms with Crippen LogP contribution in [-0.2, 0) is 6.61 Å². The first-order valence-corrected chi connectivity index (χ1v) is 13.3. The van der Waals surface area contributed by atoms with Crippen molar-refractivity contribution in [3.8, 4) is 11.5 Å². The molecule has 1 atom stereocenters. The molecule has 1 aromatic heterocycles. The standard InChI is InChI=1S/C27H23BrCl3N3O3/c1-4-15(2)26-33-23-8-6-18(28)11-20(23)27(35)34(26)32-13-16-9-22(31)25(24(10-16)36-3)37-14-17-5-7-19(29)12-21(17)30/h5-13,15H,4,14H2,1-3H3/t15-/m0/s1. The van der Waals surface area contributed by atoms with E-state index in [2.05, 4.69) is 21.0 Å². The number of fused-ring (bicyclic) bond motifs is 1. The summed E-state index contributed by atoms with van der Waals surface area (Å²) in [5, 5.41) is 6.32. The monoisotopic (exact) mass is 621 g/mol. The third kappa shape index (κ3) is 6.12. The highest BCUT2D eigenvalue weighted by Crippen LogP contribution is 2.37. The summed E-state index contributed by atoms with van der Waals surface area (Å²) in [5.41, 5.74) is 1.75. The lowest BCUT2D eigenvalue weighted by molar-refractivity contribution is 0.285. The summed E-state index contributed by atoms with van der Waals surface area (Å²) in [6.45, 7) is 4.22. The minimum absolute atomic E-state index is 0.0199. The molecule has 3 aromatic carbocycles. The van der Waals surface area contributed by atoms with Crippen LogP contribution in [0.4, 0.5) is 0 Å². The highest BCUT2D eigenvalue weighted by atomic mass is 79.9. The summed E-state index contributed by atoms with van der Waals surface area (Å²) < 4.78 is 13.6. The first-order chi connectivity index (χ1) is 17.7. The molecule has 10 heteroatoms. The second-order valence-electron chi connectivity index (χ2n) is 8.36. The lowest BCUT2D eigenvalue weighted by atomic mass is 10.1. The summed E-state index contributed by atoms with van der Waals surface area (Å²) in [7, 11) is 1.52. The van der Waals surface area contributed by atoms with Gasteiger partial charge in [0, 0.05) is 26.0 Å². The van der Waals surface area contributed by atoms with Crippen LogP contribution in [0, 0.1) is 0 Å². The van der Waals surface area contributed by atoms with Crippen LogP contribution in [0.15, 0.2) is 62.9 Å². The second kappa shape index (κ2) is 11.9. The van der Waals surface area contributed by atoms with Gasteiger partial charge in [0.15, 0.2) is 11.5 Å². The van der Waals surface area contributed by atoms with Crippen molar-refractivity contribution in [3.63, 3.8) is 0 Å².